The molecule has 0 radical (unpaired) electrons. The van der Waals surface area contributed by atoms with Gasteiger partial charge in [0.15, 0.2) is 0 Å². The van der Waals surface area contributed by atoms with E-state index in [9.17, 15) is 4.79 Å². The van der Waals surface area contributed by atoms with E-state index in [-0.39, 0.29) is 11.9 Å². The van der Waals surface area contributed by atoms with E-state index >= 15 is 0 Å². The zero-order chi connectivity index (χ0) is 14.3. The van der Waals surface area contributed by atoms with Gasteiger partial charge in [-0.15, -0.1) is 0 Å². The maximum Gasteiger partial charge on any atom is 0.234 e. The molecule has 0 fully saturated rings. The average molecular weight is 264 g/mol. The van der Waals surface area contributed by atoms with Gasteiger partial charge in [-0.3, -0.25) is 14.7 Å². The Bertz CT molecular complexity index is 406. The lowest BCUT2D eigenvalue weighted by Gasteiger charge is -2.20. The summed E-state index contributed by atoms with van der Waals surface area (Å²) in [5.41, 5.74) is 2.00. The summed E-state index contributed by atoms with van der Waals surface area (Å²) < 4.78 is 0. The van der Waals surface area contributed by atoms with Gasteiger partial charge in [0.05, 0.1) is 12.2 Å². The third-order valence-corrected chi connectivity index (χ3v) is 2.75. The molecule has 0 aliphatic rings. The molecule has 2 N–H and O–H groups in total. The molecule has 19 heavy (non-hydrogen) atoms. The summed E-state index contributed by atoms with van der Waals surface area (Å²) in [4.78, 5) is 18.1. The van der Waals surface area contributed by atoms with Crippen LogP contribution in [0.1, 0.15) is 26.5 Å². The van der Waals surface area contributed by atoms with E-state index in [1.165, 1.54) is 0 Å². The largest absolute Gasteiger partial charge is 0.388 e. The van der Waals surface area contributed by atoms with Crippen molar-refractivity contribution in [2.75, 3.05) is 25.5 Å². The molecule has 0 unspecified atom stereocenters. The van der Waals surface area contributed by atoms with Gasteiger partial charge in [0.1, 0.15) is 0 Å². The molecule has 0 aromatic carbocycles. The first kappa shape index (κ1) is 15.4. The highest BCUT2D eigenvalue weighted by atomic mass is 16.2. The molecule has 0 bridgehead atoms. The standard InChI is InChI=1S/C14H24N4O/c1-5-18(10-14(19)17-11(2)3)9-13-8-12(15-4)6-7-16-13/h6-8,11H,5,9-10H2,1-4H3,(H,15,16)(H,17,19). The predicted octanol–water partition coefficient (Wildman–Crippen LogP) is 1.47. The van der Waals surface area contributed by atoms with Crippen LogP contribution in [0.4, 0.5) is 5.69 Å². The first-order valence-corrected chi connectivity index (χ1v) is 6.69. The van der Waals surface area contributed by atoms with Crippen LogP contribution in [0.15, 0.2) is 18.3 Å². The van der Waals surface area contributed by atoms with Crippen LogP contribution in [0, 0.1) is 0 Å². The number of amides is 1. The van der Waals surface area contributed by atoms with Crippen molar-refractivity contribution >= 4 is 11.6 Å². The van der Waals surface area contributed by atoms with Crippen LogP contribution in [-0.4, -0.2) is 42.0 Å². The first-order chi connectivity index (χ1) is 9.05. The number of hydrogen-bond acceptors (Lipinski definition) is 4. The zero-order valence-corrected chi connectivity index (χ0v) is 12.2. The third kappa shape index (κ3) is 5.70. The number of pyridine rings is 1. The minimum atomic E-state index is 0.0571. The Hall–Kier alpha value is -1.62. The second-order valence-corrected chi connectivity index (χ2v) is 4.81. The molecule has 106 valence electrons. The number of aromatic nitrogens is 1. The monoisotopic (exact) mass is 264 g/mol. The van der Waals surface area contributed by atoms with Gasteiger partial charge in [-0.25, -0.2) is 0 Å². The van der Waals surface area contributed by atoms with Gasteiger partial charge in [-0.1, -0.05) is 6.92 Å². The molecule has 5 nitrogen and oxygen atoms in total. The van der Waals surface area contributed by atoms with Crippen LogP contribution in [0.2, 0.25) is 0 Å². The Morgan fingerprint density at radius 1 is 1.47 bits per heavy atom. The van der Waals surface area contributed by atoms with Crippen molar-refractivity contribution in [3.63, 3.8) is 0 Å². The number of carbonyl (C=O) groups excluding carboxylic acids is 1. The van der Waals surface area contributed by atoms with Gasteiger partial charge < -0.3 is 10.6 Å². The highest BCUT2D eigenvalue weighted by Crippen LogP contribution is 2.09. The van der Waals surface area contributed by atoms with Crippen molar-refractivity contribution in [3.05, 3.63) is 24.0 Å². The molecule has 0 saturated carbocycles. The van der Waals surface area contributed by atoms with Gasteiger partial charge >= 0.3 is 0 Å². The average Bonchev–Trinajstić information content (AvgIpc) is 2.37. The number of likely N-dealkylation sites (N-methyl/N-ethyl adjacent to an activating group) is 1. The fraction of sp³-hybridized carbons (Fsp3) is 0.571. The van der Waals surface area contributed by atoms with Gasteiger partial charge in [0.2, 0.25) is 5.91 Å². The van der Waals surface area contributed by atoms with Gasteiger partial charge in [0.25, 0.3) is 0 Å². The number of carbonyl (C=O) groups is 1. The van der Waals surface area contributed by atoms with Crippen molar-refractivity contribution in [2.45, 2.75) is 33.4 Å². The van der Waals surface area contributed by atoms with Crippen molar-refractivity contribution < 1.29 is 4.79 Å². The summed E-state index contributed by atoms with van der Waals surface area (Å²) in [5, 5.41) is 5.99. The van der Waals surface area contributed by atoms with E-state index in [1.54, 1.807) is 6.20 Å². The maximum absolute atomic E-state index is 11.8. The van der Waals surface area contributed by atoms with Crippen molar-refractivity contribution in [2.24, 2.45) is 0 Å². The normalized spacial score (nSPS) is 10.8. The van der Waals surface area contributed by atoms with Crippen LogP contribution >= 0.6 is 0 Å². The van der Waals surface area contributed by atoms with Crippen LogP contribution in [0.5, 0.6) is 0 Å². The highest BCUT2D eigenvalue weighted by molar-refractivity contribution is 5.78. The zero-order valence-electron chi connectivity index (χ0n) is 12.2. The predicted molar refractivity (Wildman–Crippen MR) is 78.0 cm³/mol. The molecule has 1 amide bonds. The molecule has 5 heteroatoms. The number of anilines is 1. The highest BCUT2D eigenvalue weighted by Gasteiger charge is 2.11. The van der Waals surface area contributed by atoms with Gasteiger partial charge in [-0.05, 0) is 32.5 Å². The maximum atomic E-state index is 11.8. The Kier molecular flexibility index (Phi) is 6.29. The Balaban J connectivity index is 2.58. The lowest BCUT2D eigenvalue weighted by atomic mass is 10.3. The Morgan fingerprint density at radius 3 is 2.79 bits per heavy atom. The molecule has 0 atom stereocenters. The quantitative estimate of drug-likeness (QED) is 0.783. The molecule has 1 aromatic rings. The fourth-order valence-electron chi connectivity index (χ4n) is 1.80. The number of rotatable bonds is 7. The molecule has 1 heterocycles. The second kappa shape index (κ2) is 7.74. The van der Waals surface area contributed by atoms with Crippen LogP contribution in [-0.2, 0) is 11.3 Å². The lowest BCUT2D eigenvalue weighted by molar-refractivity contribution is -0.122. The summed E-state index contributed by atoms with van der Waals surface area (Å²) in [5.74, 6) is 0.0571. The van der Waals surface area contributed by atoms with Crippen LogP contribution in [0.25, 0.3) is 0 Å². The van der Waals surface area contributed by atoms with Crippen LogP contribution < -0.4 is 10.6 Å². The van der Waals surface area contributed by atoms with Crippen LogP contribution in [0.3, 0.4) is 0 Å². The summed E-state index contributed by atoms with van der Waals surface area (Å²) in [6.07, 6.45) is 1.78. The van der Waals surface area contributed by atoms with Crippen molar-refractivity contribution in [1.82, 2.24) is 15.2 Å². The molecular formula is C14H24N4O. The minimum absolute atomic E-state index is 0.0571. The van der Waals surface area contributed by atoms with Crippen molar-refractivity contribution in [3.8, 4) is 0 Å². The second-order valence-electron chi connectivity index (χ2n) is 4.81. The topological polar surface area (TPSA) is 57.3 Å². The van der Waals surface area contributed by atoms with E-state index in [0.29, 0.717) is 13.1 Å². The van der Waals surface area contributed by atoms with E-state index in [1.807, 2.05) is 40.0 Å². The van der Waals surface area contributed by atoms with E-state index in [4.69, 9.17) is 0 Å². The number of nitrogens with zero attached hydrogens (tertiary/aromatic N) is 2. The summed E-state index contributed by atoms with van der Waals surface area (Å²) in [6, 6.07) is 4.10. The molecule has 0 spiro atoms. The SMILES string of the molecule is CCN(CC(=O)NC(C)C)Cc1cc(NC)ccn1. The van der Waals surface area contributed by atoms with E-state index < -0.39 is 0 Å². The van der Waals surface area contributed by atoms with Gasteiger partial charge in [-0.2, -0.15) is 0 Å². The summed E-state index contributed by atoms with van der Waals surface area (Å²) >= 11 is 0. The Labute approximate surface area is 115 Å². The summed E-state index contributed by atoms with van der Waals surface area (Å²) in [6.45, 7) is 7.87. The number of nitrogens with one attached hydrogen (secondary N) is 2. The minimum Gasteiger partial charge on any atom is -0.388 e. The molecule has 0 aliphatic heterocycles. The van der Waals surface area contributed by atoms with E-state index in [0.717, 1.165) is 17.9 Å². The summed E-state index contributed by atoms with van der Waals surface area (Å²) in [7, 11) is 1.88. The molecule has 0 aliphatic carbocycles. The molecular weight excluding hydrogens is 240 g/mol. The third-order valence-electron chi connectivity index (χ3n) is 2.75. The number of hydrogen-bond donors (Lipinski definition) is 2. The van der Waals surface area contributed by atoms with Gasteiger partial charge in [0, 0.05) is 31.5 Å². The molecule has 1 rings (SSSR count). The molecule has 0 saturated heterocycles. The van der Waals surface area contributed by atoms with E-state index in [2.05, 4.69) is 20.5 Å². The lowest BCUT2D eigenvalue weighted by Crippen LogP contribution is -2.39. The first-order valence-electron chi connectivity index (χ1n) is 6.69. The smallest absolute Gasteiger partial charge is 0.234 e. The van der Waals surface area contributed by atoms with Crippen molar-refractivity contribution in [1.29, 1.82) is 0 Å². The Morgan fingerprint density at radius 2 is 2.21 bits per heavy atom. The molecule has 1 aromatic heterocycles. The fourth-order valence-corrected chi connectivity index (χ4v) is 1.80.